The van der Waals surface area contributed by atoms with E-state index in [9.17, 15) is 4.39 Å². The molecule has 2 heterocycles. The van der Waals surface area contributed by atoms with Gasteiger partial charge in [0.15, 0.2) is 5.82 Å². The molecule has 0 spiro atoms. The van der Waals surface area contributed by atoms with Gasteiger partial charge in [0.2, 0.25) is 0 Å². The third kappa shape index (κ3) is 1.86. The normalized spacial score (nSPS) is 23.3. The fourth-order valence-corrected chi connectivity index (χ4v) is 3.36. The van der Waals surface area contributed by atoms with Gasteiger partial charge in [-0.05, 0) is 37.9 Å². The van der Waals surface area contributed by atoms with E-state index in [1.165, 1.54) is 6.07 Å². The fraction of sp³-hybridized carbons (Fsp3) is 0.533. The topological polar surface area (TPSA) is 29.9 Å². The minimum atomic E-state index is -0.232. The Balaban J connectivity index is 2.19. The predicted molar refractivity (Wildman–Crippen MR) is 74.5 cm³/mol. The minimum absolute atomic E-state index is 0.0744. The van der Waals surface area contributed by atoms with Crippen molar-refractivity contribution in [2.75, 3.05) is 6.54 Å². The molecule has 102 valence electrons. The van der Waals surface area contributed by atoms with E-state index in [-0.39, 0.29) is 11.4 Å². The summed E-state index contributed by atoms with van der Waals surface area (Å²) in [6.45, 7) is 3.21. The number of benzene rings is 1. The molecule has 0 aliphatic carbocycles. The fourth-order valence-electron chi connectivity index (χ4n) is 3.36. The molecule has 19 heavy (non-hydrogen) atoms. The van der Waals surface area contributed by atoms with Crippen molar-refractivity contribution >= 4 is 11.0 Å². The van der Waals surface area contributed by atoms with E-state index >= 15 is 0 Å². The number of hydrogen-bond donors (Lipinski definition) is 1. The first-order valence-corrected chi connectivity index (χ1v) is 7.04. The maximum Gasteiger partial charge on any atom is 0.151 e. The highest BCUT2D eigenvalue weighted by molar-refractivity contribution is 5.76. The number of hydrogen-bond acceptors (Lipinski definition) is 2. The van der Waals surface area contributed by atoms with Gasteiger partial charge in [0.1, 0.15) is 11.3 Å². The molecule has 1 atom stereocenters. The Labute approximate surface area is 112 Å². The summed E-state index contributed by atoms with van der Waals surface area (Å²) in [6.07, 6.45) is 4.38. The lowest BCUT2D eigenvalue weighted by Gasteiger charge is -2.28. The first kappa shape index (κ1) is 12.6. The molecular formula is C15H20FN3. The summed E-state index contributed by atoms with van der Waals surface area (Å²) in [4.78, 5) is 4.61. The monoisotopic (exact) mass is 261 g/mol. The molecule has 0 bridgehead atoms. The standard InChI is InChI=1S/C15H20FN3/c1-3-8-15(9-5-10-17-15)14-18-13-11(16)6-4-7-12(13)19(14)2/h4,6-7,17H,3,5,8-10H2,1-2H3. The average Bonchev–Trinajstić information content (AvgIpc) is 2.98. The number of imidazole rings is 1. The zero-order valence-electron chi connectivity index (χ0n) is 11.5. The van der Waals surface area contributed by atoms with Gasteiger partial charge in [0.25, 0.3) is 0 Å². The molecule has 1 saturated heterocycles. The van der Waals surface area contributed by atoms with Crippen LogP contribution in [0.25, 0.3) is 11.0 Å². The van der Waals surface area contributed by atoms with Gasteiger partial charge in [-0.25, -0.2) is 9.37 Å². The Bertz CT molecular complexity index is 597. The Morgan fingerprint density at radius 2 is 2.32 bits per heavy atom. The summed E-state index contributed by atoms with van der Waals surface area (Å²) in [5.41, 5.74) is 1.29. The van der Waals surface area contributed by atoms with Gasteiger partial charge in [-0.15, -0.1) is 0 Å². The lowest BCUT2D eigenvalue weighted by atomic mass is 9.91. The molecule has 3 nitrogen and oxygen atoms in total. The maximum atomic E-state index is 13.9. The third-order valence-electron chi connectivity index (χ3n) is 4.21. The molecule has 0 radical (unpaired) electrons. The molecule has 2 aromatic rings. The second-order valence-electron chi connectivity index (χ2n) is 5.46. The van der Waals surface area contributed by atoms with E-state index in [2.05, 4.69) is 17.2 Å². The highest BCUT2D eigenvalue weighted by atomic mass is 19.1. The van der Waals surface area contributed by atoms with Crippen molar-refractivity contribution in [1.82, 2.24) is 14.9 Å². The number of aryl methyl sites for hydroxylation is 1. The zero-order valence-corrected chi connectivity index (χ0v) is 11.5. The lowest BCUT2D eigenvalue weighted by molar-refractivity contribution is 0.327. The maximum absolute atomic E-state index is 13.9. The predicted octanol–water partition coefficient (Wildman–Crippen LogP) is 3.09. The van der Waals surface area contributed by atoms with E-state index in [1.807, 2.05) is 17.7 Å². The second-order valence-corrected chi connectivity index (χ2v) is 5.46. The molecule has 0 saturated carbocycles. The molecule has 1 unspecified atom stereocenters. The molecular weight excluding hydrogens is 241 g/mol. The summed E-state index contributed by atoms with van der Waals surface area (Å²) in [5.74, 6) is 0.746. The number of nitrogens with zero attached hydrogens (tertiary/aromatic N) is 2. The van der Waals surface area contributed by atoms with Crippen LogP contribution < -0.4 is 5.32 Å². The highest BCUT2D eigenvalue weighted by Crippen LogP contribution is 2.36. The highest BCUT2D eigenvalue weighted by Gasteiger charge is 2.38. The quantitative estimate of drug-likeness (QED) is 0.920. The molecule has 3 rings (SSSR count). The van der Waals surface area contributed by atoms with Crippen molar-refractivity contribution in [3.63, 3.8) is 0 Å². The van der Waals surface area contributed by atoms with Crippen LogP contribution in [0.3, 0.4) is 0 Å². The van der Waals surface area contributed by atoms with Crippen LogP contribution in [0, 0.1) is 5.82 Å². The van der Waals surface area contributed by atoms with Gasteiger partial charge in [-0.1, -0.05) is 19.4 Å². The molecule has 0 amide bonds. The number of nitrogens with one attached hydrogen (secondary N) is 1. The number of para-hydroxylation sites is 1. The molecule has 4 heteroatoms. The molecule has 1 fully saturated rings. The molecule has 1 aliphatic rings. The number of aromatic nitrogens is 2. The van der Waals surface area contributed by atoms with E-state index in [4.69, 9.17) is 0 Å². The van der Waals surface area contributed by atoms with Crippen LogP contribution in [-0.2, 0) is 12.6 Å². The molecule has 1 aromatic heterocycles. The van der Waals surface area contributed by atoms with Crippen molar-refractivity contribution in [1.29, 1.82) is 0 Å². The van der Waals surface area contributed by atoms with Crippen LogP contribution in [0.4, 0.5) is 4.39 Å². The van der Waals surface area contributed by atoms with Gasteiger partial charge in [-0.3, -0.25) is 0 Å². The summed E-state index contributed by atoms with van der Waals surface area (Å²) >= 11 is 0. The van der Waals surface area contributed by atoms with Gasteiger partial charge in [-0.2, -0.15) is 0 Å². The SMILES string of the molecule is CCCC1(c2nc3c(F)cccc3n2C)CCCN1. The van der Waals surface area contributed by atoms with E-state index in [0.717, 1.165) is 43.6 Å². The van der Waals surface area contributed by atoms with Crippen molar-refractivity contribution in [3.05, 3.63) is 29.8 Å². The summed E-state index contributed by atoms with van der Waals surface area (Å²) in [6, 6.07) is 5.16. The largest absolute Gasteiger partial charge is 0.329 e. The third-order valence-corrected chi connectivity index (χ3v) is 4.21. The average molecular weight is 261 g/mol. The van der Waals surface area contributed by atoms with E-state index in [0.29, 0.717) is 5.52 Å². The van der Waals surface area contributed by atoms with Crippen LogP contribution in [0.1, 0.15) is 38.4 Å². The summed E-state index contributed by atoms with van der Waals surface area (Å²) in [5, 5.41) is 3.60. The molecule has 1 N–H and O–H groups in total. The van der Waals surface area contributed by atoms with Crippen LogP contribution in [0.5, 0.6) is 0 Å². The Morgan fingerprint density at radius 3 is 2.95 bits per heavy atom. The first-order valence-electron chi connectivity index (χ1n) is 7.04. The van der Waals surface area contributed by atoms with Crippen molar-refractivity contribution in [2.45, 2.75) is 38.1 Å². The van der Waals surface area contributed by atoms with Crippen molar-refractivity contribution in [3.8, 4) is 0 Å². The van der Waals surface area contributed by atoms with Crippen LogP contribution in [-0.4, -0.2) is 16.1 Å². The number of fused-ring (bicyclic) bond motifs is 1. The Kier molecular flexibility index (Phi) is 3.05. The first-order chi connectivity index (χ1) is 9.18. The van der Waals surface area contributed by atoms with E-state index in [1.54, 1.807) is 6.07 Å². The van der Waals surface area contributed by atoms with Crippen LogP contribution in [0.2, 0.25) is 0 Å². The molecule has 1 aromatic carbocycles. The van der Waals surface area contributed by atoms with Crippen LogP contribution >= 0.6 is 0 Å². The van der Waals surface area contributed by atoms with Gasteiger partial charge in [0.05, 0.1) is 11.1 Å². The van der Waals surface area contributed by atoms with E-state index < -0.39 is 0 Å². The Hall–Kier alpha value is -1.42. The van der Waals surface area contributed by atoms with Gasteiger partial charge < -0.3 is 9.88 Å². The zero-order chi connectivity index (χ0) is 13.5. The summed E-state index contributed by atoms with van der Waals surface area (Å²) < 4.78 is 15.9. The van der Waals surface area contributed by atoms with Crippen molar-refractivity contribution < 1.29 is 4.39 Å². The van der Waals surface area contributed by atoms with Gasteiger partial charge in [0, 0.05) is 7.05 Å². The minimum Gasteiger partial charge on any atom is -0.329 e. The number of rotatable bonds is 3. The number of halogens is 1. The summed E-state index contributed by atoms with van der Waals surface area (Å²) in [7, 11) is 1.99. The van der Waals surface area contributed by atoms with Crippen LogP contribution in [0.15, 0.2) is 18.2 Å². The Morgan fingerprint density at radius 1 is 1.47 bits per heavy atom. The molecule has 1 aliphatic heterocycles. The van der Waals surface area contributed by atoms with Crippen molar-refractivity contribution in [2.24, 2.45) is 7.05 Å². The lowest BCUT2D eigenvalue weighted by Crippen LogP contribution is -2.39. The smallest absolute Gasteiger partial charge is 0.151 e. The second kappa shape index (κ2) is 4.60. The van der Waals surface area contributed by atoms with Gasteiger partial charge >= 0.3 is 0 Å².